The lowest BCUT2D eigenvalue weighted by Crippen LogP contribution is -2.45. The second-order valence-corrected chi connectivity index (χ2v) is 22.1. The van der Waals surface area contributed by atoms with Crippen LogP contribution in [0.2, 0.25) is 0 Å². The molecule has 0 aliphatic heterocycles. The van der Waals surface area contributed by atoms with Gasteiger partial charge in [0, 0.05) is 12.8 Å². The molecule has 0 bridgehead atoms. The van der Waals surface area contributed by atoms with Crippen LogP contribution >= 0.6 is 0 Å². The third-order valence-corrected chi connectivity index (χ3v) is 15.0. The van der Waals surface area contributed by atoms with Crippen LogP contribution in [0.3, 0.4) is 0 Å². The van der Waals surface area contributed by atoms with Crippen molar-refractivity contribution in [3.05, 3.63) is 24.3 Å². The number of carbonyl (C=O) groups excluding carboxylic acids is 2. The van der Waals surface area contributed by atoms with Crippen molar-refractivity contribution in [1.29, 1.82) is 0 Å². The first kappa shape index (κ1) is 69.3. The normalized spacial score (nSPS) is 12.7. The topological polar surface area (TPSA) is 95.9 Å². The van der Waals surface area contributed by atoms with Crippen LogP contribution in [0.5, 0.6) is 0 Å². The number of rotatable bonds is 60. The van der Waals surface area contributed by atoms with E-state index >= 15 is 0 Å². The molecule has 0 radical (unpaired) electrons. The van der Waals surface area contributed by atoms with Crippen molar-refractivity contribution in [3.63, 3.8) is 0 Å². The minimum Gasteiger partial charge on any atom is -0.466 e. The average Bonchev–Trinajstić information content (AvgIpc) is 3.37. The Morgan fingerprint density at radius 1 is 0.380 bits per heavy atom. The Morgan fingerprint density at radius 2 is 0.662 bits per heavy atom. The maximum Gasteiger partial charge on any atom is 0.305 e. The van der Waals surface area contributed by atoms with E-state index in [-0.39, 0.29) is 18.5 Å². The largest absolute Gasteiger partial charge is 0.466 e. The number of allylic oxidation sites excluding steroid dienone is 4. The van der Waals surface area contributed by atoms with Gasteiger partial charge in [0.05, 0.1) is 25.4 Å². The van der Waals surface area contributed by atoms with E-state index in [9.17, 15) is 19.8 Å². The summed E-state index contributed by atoms with van der Waals surface area (Å²) in [5.74, 6) is -0.0414. The minimum absolute atomic E-state index is 0.000505. The Hall–Kier alpha value is -1.66. The molecule has 0 aliphatic carbocycles. The summed E-state index contributed by atoms with van der Waals surface area (Å²) in [7, 11) is 0. The van der Waals surface area contributed by atoms with Crippen molar-refractivity contribution in [2.24, 2.45) is 0 Å². The van der Waals surface area contributed by atoms with Crippen LogP contribution in [-0.4, -0.2) is 47.4 Å². The van der Waals surface area contributed by atoms with Crippen molar-refractivity contribution in [2.75, 3.05) is 13.2 Å². The fourth-order valence-corrected chi connectivity index (χ4v) is 10.0. The van der Waals surface area contributed by atoms with Crippen molar-refractivity contribution in [2.45, 2.75) is 366 Å². The molecular formula is C65H125NO5. The van der Waals surface area contributed by atoms with Crippen LogP contribution in [0.25, 0.3) is 0 Å². The van der Waals surface area contributed by atoms with E-state index in [4.69, 9.17) is 4.74 Å². The molecule has 6 heteroatoms. The summed E-state index contributed by atoms with van der Waals surface area (Å²) >= 11 is 0. The molecule has 1 amide bonds. The maximum absolute atomic E-state index is 12.5. The van der Waals surface area contributed by atoms with Crippen LogP contribution < -0.4 is 5.32 Å². The molecule has 0 aromatic heterocycles. The van der Waals surface area contributed by atoms with Crippen molar-refractivity contribution >= 4 is 11.9 Å². The third-order valence-electron chi connectivity index (χ3n) is 15.0. The number of hydrogen-bond acceptors (Lipinski definition) is 5. The number of aliphatic hydroxyl groups excluding tert-OH is 2. The molecule has 3 N–H and O–H groups in total. The molecule has 6 nitrogen and oxygen atoms in total. The lowest BCUT2D eigenvalue weighted by Gasteiger charge is -2.22. The molecule has 0 saturated carbocycles. The fraction of sp³-hybridized carbons (Fsp3) is 0.908. The van der Waals surface area contributed by atoms with E-state index < -0.39 is 12.1 Å². The van der Waals surface area contributed by atoms with Gasteiger partial charge in [-0.1, -0.05) is 289 Å². The summed E-state index contributed by atoms with van der Waals surface area (Å²) in [4.78, 5) is 24.6. The highest BCUT2D eigenvalue weighted by Crippen LogP contribution is 2.18. The zero-order valence-electron chi connectivity index (χ0n) is 48.0. The van der Waals surface area contributed by atoms with Crippen LogP contribution in [-0.2, 0) is 14.3 Å². The number of amides is 1. The zero-order chi connectivity index (χ0) is 51.4. The molecule has 0 aromatic rings. The summed E-state index contributed by atoms with van der Waals surface area (Å²) in [6.45, 7) is 4.96. The molecule has 0 fully saturated rings. The summed E-state index contributed by atoms with van der Waals surface area (Å²) < 4.78 is 5.48. The van der Waals surface area contributed by atoms with Gasteiger partial charge in [0.25, 0.3) is 0 Å². The molecule has 0 spiro atoms. The molecule has 2 unspecified atom stereocenters. The second-order valence-electron chi connectivity index (χ2n) is 22.1. The summed E-state index contributed by atoms with van der Waals surface area (Å²) in [6, 6.07) is -0.548. The fourth-order valence-electron chi connectivity index (χ4n) is 10.0. The van der Waals surface area contributed by atoms with E-state index in [1.54, 1.807) is 0 Å². The van der Waals surface area contributed by atoms with Crippen LogP contribution in [0.4, 0.5) is 0 Å². The van der Waals surface area contributed by atoms with E-state index in [2.05, 4.69) is 43.5 Å². The summed E-state index contributed by atoms with van der Waals surface area (Å²) in [6.07, 6.45) is 74.7. The highest BCUT2D eigenvalue weighted by atomic mass is 16.5. The van der Waals surface area contributed by atoms with Gasteiger partial charge in [-0.15, -0.1) is 0 Å². The Kier molecular flexibility index (Phi) is 59.5. The number of nitrogens with one attached hydrogen (secondary N) is 1. The number of carbonyl (C=O) groups is 2. The number of unbranched alkanes of at least 4 members (excludes halogenated alkanes) is 45. The Bertz CT molecular complexity index is 1110. The molecule has 420 valence electrons. The molecule has 0 aliphatic rings. The summed E-state index contributed by atoms with van der Waals surface area (Å²) in [5.41, 5.74) is 0. The second kappa shape index (κ2) is 60.9. The molecular weight excluding hydrogens is 875 g/mol. The van der Waals surface area contributed by atoms with E-state index in [1.165, 1.54) is 276 Å². The quantitative estimate of drug-likeness (QED) is 0.0320. The molecule has 2 atom stereocenters. The van der Waals surface area contributed by atoms with Gasteiger partial charge in [0.2, 0.25) is 5.91 Å². The first-order valence-electron chi connectivity index (χ1n) is 32.1. The highest BCUT2D eigenvalue weighted by Gasteiger charge is 2.20. The smallest absolute Gasteiger partial charge is 0.305 e. The van der Waals surface area contributed by atoms with E-state index in [1.807, 2.05) is 0 Å². The van der Waals surface area contributed by atoms with Crippen LogP contribution in [0.1, 0.15) is 354 Å². The summed E-state index contributed by atoms with van der Waals surface area (Å²) in [5, 5.41) is 23.3. The lowest BCUT2D eigenvalue weighted by atomic mass is 10.0. The molecule has 71 heavy (non-hydrogen) atoms. The van der Waals surface area contributed by atoms with Crippen molar-refractivity contribution in [3.8, 4) is 0 Å². The number of ether oxygens (including phenoxy) is 1. The number of aliphatic hydroxyl groups is 2. The van der Waals surface area contributed by atoms with Gasteiger partial charge >= 0.3 is 5.97 Å². The molecule has 0 aromatic carbocycles. The average molecular weight is 1000 g/mol. The molecule has 0 saturated heterocycles. The first-order valence-corrected chi connectivity index (χ1v) is 32.1. The zero-order valence-corrected chi connectivity index (χ0v) is 48.0. The third kappa shape index (κ3) is 57.5. The van der Waals surface area contributed by atoms with Gasteiger partial charge in [0.15, 0.2) is 0 Å². The first-order chi connectivity index (χ1) is 35.0. The number of esters is 1. The SMILES string of the molecule is CCCCCCCCC/C=C\CCCCCCCC(=O)OCCCCCCCCCCC/C=C\CCCCCCCCCC(=O)NC(CO)C(O)CCCCCCCCCCCCCCCCCCCC. The minimum atomic E-state index is -0.670. The Labute approximate surface area is 443 Å². The highest BCUT2D eigenvalue weighted by molar-refractivity contribution is 5.76. The standard InChI is InChI=1S/C65H125NO5/c1-3-5-7-9-11-13-15-17-19-21-26-29-33-37-41-45-49-53-57-63(68)62(61-67)66-64(69)58-54-50-46-42-38-34-30-27-24-22-23-25-28-32-36-40-44-48-52-56-60-71-65(70)59-55-51-47-43-39-35-31-20-18-16-14-12-10-8-6-4-2/h20,22,24,31,62-63,67-68H,3-19,21,23,25-30,32-61H2,1-2H3,(H,66,69)/b24-22-,31-20-. The lowest BCUT2D eigenvalue weighted by molar-refractivity contribution is -0.143. The van der Waals surface area contributed by atoms with Gasteiger partial charge in [-0.05, 0) is 77.0 Å². The number of hydrogen-bond donors (Lipinski definition) is 3. The predicted molar refractivity (Wildman–Crippen MR) is 310 cm³/mol. The Morgan fingerprint density at radius 3 is 1.00 bits per heavy atom. The van der Waals surface area contributed by atoms with Crippen LogP contribution in [0, 0.1) is 0 Å². The van der Waals surface area contributed by atoms with Gasteiger partial charge in [-0.2, -0.15) is 0 Å². The Balaban J connectivity index is 3.43. The molecule has 0 rings (SSSR count). The van der Waals surface area contributed by atoms with Crippen molar-refractivity contribution < 1.29 is 24.5 Å². The van der Waals surface area contributed by atoms with E-state index in [0.717, 1.165) is 44.9 Å². The van der Waals surface area contributed by atoms with Gasteiger partial charge < -0.3 is 20.3 Å². The monoisotopic (exact) mass is 1000 g/mol. The van der Waals surface area contributed by atoms with Crippen molar-refractivity contribution in [1.82, 2.24) is 5.32 Å². The maximum atomic E-state index is 12.5. The van der Waals surface area contributed by atoms with Gasteiger partial charge in [0.1, 0.15) is 0 Å². The van der Waals surface area contributed by atoms with Gasteiger partial charge in [-0.3, -0.25) is 9.59 Å². The predicted octanol–water partition coefficient (Wildman–Crippen LogP) is 20.2. The van der Waals surface area contributed by atoms with Gasteiger partial charge in [-0.25, -0.2) is 0 Å². The molecule has 0 heterocycles. The van der Waals surface area contributed by atoms with Crippen LogP contribution in [0.15, 0.2) is 24.3 Å². The van der Waals surface area contributed by atoms with E-state index in [0.29, 0.717) is 25.9 Å².